The molecule has 0 radical (unpaired) electrons. The molecule has 1 unspecified atom stereocenters. The van der Waals surface area contributed by atoms with Gasteiger partial charge in [-0.2, -0.15) is 5.10 Å². The van der Waals surface area contributed by atoms with E-state index in [9.17, 15) is 9.90 Å². The van der Waals surface area contributed by atoms with E-state index in [4.69, 9.17) is 0 Å². The molecule has 4 rings (SSSR count). The molecule has 1 saturated heterocycles. The van der Waals surface area contributed by atoms with E-state index in [2.05, 4.69) is 46.2 Å². The number of piperidine rings is 1. The fraction of sp³-hybridized carbons (Fsp3) is 0.316. The second kappa shape index (κ2) is 6.20. The number of aliphatic carboxylic acids is 1. The van der Waals surface area contributed by atoms with Gasteiger partial charge in [0.2, 0.25) is 0 Å². The molecule has 25 heavy (non-hydrogen) atoms. The van der Waals surface area contributed by atoms with Gasteiger partial charge in [-0.25, -0.2) is 9.50 Å². The molecule has 1 aromatic carbocycles. The highest BCUT2D eigenvalue weighted by molar-refractivity contribution is 5.77. The summed E-state index contributed by atoms with van der Waals surface area (Å²) in [6, 6.07) is 10.3. The number of hydrogen-bond donors (Lipinski definition) is 1. The minimum absolute atomic E-state index is 0.338. The van der Waals surface area contributed by atoms with Crippen LogP contribution in [0.3, 0.4) is 0 Å². The summed E-state index contributed by atoms with van der Waals surface area (Å²) in [6.07, 6.45) is 5.13. The van der Waals surface area contributed by atoms with Crippen molar-refractivity contribution in [3.8, 4) is 11.3 Å². The van der Waals surface area contributed by atoms with Crippen molar-refractivity contribution in [2.45, 2.75) is 19.8 Å². The molecule has 0 bridgehead atoms. The van der Waals surface area contributed by atoms with Crippen molar-refractivity contribution >= 4 is 17.3 Å². The van der Waals surface area contributed by atoms with Crippen molar-refractivity contribution in [1.82, 2.24) is 14.6 Å². The van der Waals surface area contributed by atoms with Crippen LogP contribution in [0.2, 0.25) is 0 Å². The minimum atomic E-state index is -0.731. The molecule has 6 heteroatoms. The molecule has 128 valence electrons. The van der Waals surface area contributed by atoms with Crippen molar-refractivity contribution in [3.05, 3.63) is 48.3 Å². The van der Waals surface area contributed by atoms with Gasteiger partial charge in [-0.05, 0) is 25.8 Å². The van der Waals surface area contributed by atoms with Crippen LogP contribution in [0.15, 0.2) is 42.7 Å². The smallest absolute Gasteiger partial charge is 0.308 e. The van der Waals surface area contributed by atoms with Crippen molar-refractivity contribution in [2.24, 2.45) is 5.92 Å². The maximum absolute atomic E-state index is 11.3. The fourth-order valence-corrected chi connectivity index (χ4v) is 3.39. The zero-order chi connectivity index (χ0) is 17.4. The third kappa shape index (κ3) is 2.95. The lowest BCUT2D eigenvalue weighted by atomic mass is 9.98. The van der Waals surface area contributed by atoms with Gasteiger partial charge < -0.3 is 10.0 Å². The first-order valence-electron chi connectivity index (χ1n) is 8.51. The number of benzene rings is 1. The van der Waals surface area contributed by atoms with Gasteiger partial charge in [0.25, 0.3) is 0 Å². The van der Waals surface area contributed by atoms with Crippen LogP contribution in [0.5, 0.6) is 0 Å². The summed E-state index contributed by atoms with van der Waals surface area (Å²) in [5, 5.41) is 14.0. The summed E-state index contributed by atoms with van der Waals surface area (Å²) in [4.78, 5) is 17.9. The molecule has 2 aromatic heterocycles. The summed E-state index contributed by atoms with van der Waals surface area (Å²) in [7, 11) is 0. The Morgan fingerprint density at radius 1 is 1.28 bits per heavy atom. The molecular weight excluding hydrogens is 316 g/mol. The Morgan fingerprint density at radius 3 is 2.84 bits per heavy atom. The highest BCUT2D eigenvalue weighted by atomic mass is 16.4. The second-order valence-electron chi connectivity index (χ2n) is 6.60. The van der Waals surface area contributed by atoms with E-state index < -0.39 is 5.97 Å². The molecule has 6 nitrogen and oxygen atoms in total. The molecule has 0 amide bonds. The van der Waals surface area contributed by atoms with Gasteiger partial charge in [-0.3, -0.25) is 4.79 Å². The summed E-state index contributed by atoms with van der Waals surface area (Å²) in [6.45, 7) is 3.37. The zero-order valence-electron chi connectivity index (χ0n) is 14.1. The normalized spacial score (nSPS) is 17.8. The Kier molecular flexibility index (Phi) is 3.87. The zero-order valence-corrected chi connectivity index (χ0v) is 14.1. The standard InChI is InChI=1S/C19H20N4O2/c1-13-4-6-14(7-5-13)16-11-17-18(20-8-10-23(17)21-16)22-9-2-3-15(12-22)19(24)25/h4-8,10-11,15H,2-3,9,12H2,1H3,(H,24,25). The number of aryl methyl sites for hydroxylation is 1. The second-order valence-corrected chi connectivity index (χ2v) is 6.60. The average molecular weight is 336 g/mol. The lowest BCUT2D eigenvalue weighted by Crippen LogP contribution is -2.39. The van der Waals surface area contributed by atoms with E-state index in [1.165, 1.54) is 5.56 Å². The van der Waals surface area contributed by atoms with Gasteiger partial charge in [0.05, 0.1) is 11.6 Å². The van der Waals surface area contributed by atoms with Gasteiger partial charge in [-0.1, -0.05) is 29.8 Å². The number of anilines is 1. The van der Waals surface area contributed by atoms with Gasteiger partial charge >= 0.3 is 5.97 Å². The SMILES string of the molecule is Cc1ccc(-c2cc3c(N4CCCC(C(=O)O)C4)nccn3n2)cc1. The van der Waals surface area contributed by atoms with Crippen LogP contribution in [0.4, 0.5) is 5.82 Å². The molecule has 0 spiro atoms. The van der Waals surface area contributed by atoms with E-state index in [0.717, 1.165) is 42.0 Å². The van der Waals surface area contributed by atoms with Crippen LogP contribution in [0.1, 0.15) is 18.4 Å². The number of carboxylic acids is 1. The van der Waals surface area contributed by atoms with Crippen LogP contribution in [-0.4, -0.2) is 38.8 Å². The molecule has 0 aliphatic carbocycles. The Hall–Kier alpha value is -2.89. The molecule has 0 saturated carbocycles. The third-order valence-corrected chi connectivity index (χ3v) is 4.79. The van der Waals surface area contributed by atoms with E-state index in [1.807, 2.05) is 16.8 Å². The van der Waals surface area contributed by atoms with Crippen LogP contribution >= 0.6 is 0 Å². The van der Waals surface area contributed by atoms with Crippen LogP contribution < -0.4 is 4.90 Å². The van der Waals surface area contributed by atoms with Crippen molar-refractivity contribution < 1.29 is 9.90 Å². The number of aromatic nitrogens is 3. The molecule has 1 aliphatic heterocycles. The average Bonchev–Trinajstić information content (AvgIpc) is 3.06. The van der Waals surface area contributed by atoms with E-state index >= 15 is 0 Å². The number of hydrogen-bond acceptors (Lipinski definition) is 4. The first kappa shape index (κ1) is 15.6. The van der Waals surface area contributed by atoms with E-state index in [-0.39, 0.29) is 5.92 Å². The number of carbonyl (C=O) groups is 1. The molecular formula is C19H20N4O2. The van der Waals surface area contributed by atoms with Gasteiger partial charge in [0.1, 0.15) is 5.52 Å². The Bertz CT molecular complexity index is 917. The van der Waals surface area contributed by atoms with Crippen LogP contribution in [0.25, 0.3) is 16.8 Å². The Labute approximate surface area is 145 Å². The monoisotopic (exact) mass is 336 g/mol. The molecule has 1 N–H and O–H groups in total. The summed E-state index contributed by atoms with van der Waals surface area (Å²) >= 11 is 0. The van der Waals surface area contributed by atoms with Crippen molar-refractivity contribution in [2.75, 3.05) is 18.0 Å². The first-order chi connectivity index (χ1) is 12.1. The predicted octanol–water partition coefficient (Wildman–Crippen LogP) is 3.01. The van der Waals surface area contributed by atoms with Crippen molar-refractivity contribution in [1.29, 1.82) is 0 Å². The highest BCUT2D eigenvalue weighted by Crippen LogP contribution is 2.28. The minimum Gasteiger partial charge on any atom is -0.481 e. The molecule has 1 atom stereocenters. The van der Waals surface area contributed by atoms with Crippen LogP contribution in [-0.2, 0) is 4.79 Å². The molecule has 1 fully saturated rings. The summed E-state index contributed by atoms with van der Waals surface area (Å²) < 4.78 is 1.82. The van der Waals surface area contributed by atoms with Crippen molar-refractivity contribution in [3.63, 3.8) is 0 Å². The first-order valence-corrected chi connectivity index (χ1v) is 8.51. The lowest BCUT2D eigenvalue weighted by Gasteiger charge is -2.31. The van der Waals surface area contributed by atoms with Gasteiger partial charge in [-0.15, -0.1) is 0 Å². The van der Waals surface area contributed by atoms with E-state index in [1.54, 1.807) is 6.20 Å². The molecule has 1 aliphatic rings. The van der Waals surface area contributed by atoms with Crippen LogP contribution in [0, 0.1) is 12.8 Å². The quantitative estimate of drug-likeness (QED) is 0.796. The summed E-state index contributed by atoms with van der Waals surface area (Å²) in [5.74, 6) is -0.264. The summed E-state index contributed by atoms with van der Waals surface area (Å²) in [5.41, 5.74) is 4.07. The molecule has 3 aromatic rings. The number of fused-ring (bicyclic) bond motifs is 1. The number of rotatable bonds is 3. The number of carboxylic acid groups (broad SMARTS) is 1. The topological polar surface area (TPSA) is 70.7 Å². The predicted molar refractivity (Wildman–Crippen MR) is 95.7 cm³/mol. The Morgan fingerprint density at radius 2 is 2.08 bits per heavy atom. The fourth-order valence-electron chi connectivity index (χ4n) is 3.39. The number of nitrogens with zero attached hydrogens (tertiary/aromatic N) is 4. The van der Waals surface area contributed by atoms with Gasteiger partial charge in [0.15, 0.2) is 5.82 Å². The Balaban J connectivity index is 1.72. The van der Waals surface area contributed by atoms with E-state index in [0.29, 0.717) is 6.54 Å². The maximum Gasteiger partial charge on any atom is 0.308 e. The highest BCUT2D eigenvalue weighted by Gasteiger charge is 2.27. The maximum atomic E-state index is 11.3. The molecule has 3 heterocycles. The lowest BCUT2D eigenvalue weighted by molar-refractivity contribution is -0.141. The van der Waals surface area contributed by atoms with Gasteiger partial charge in [0, 0.05) is 31.0 Å². The third-order valence-electron chi connectivity index (χ3n) is 4.79. The largest absolute Gasteiger partial charge is 0.481 e.